The largest absolute Gasteiger partial charge is 0.542 e. The topological polar surface area (TPSA) is 43.1 Å². The molecule has 0 aliphatic carbocycles. The number of carboxylic acid groups (broad SMARTS) is 1. The molecule has 82 valence electrons. The lowest BCUT2D eigenvalue weighted by Crippen LogP contribution is -2.37. The van der Waals surface area contributed by atoms with Crippen molar-refractivity contribution in [3.63, 3.8) is 0 Å². The van der Waals surface area contributed by atoms with Crippen molar-refractivity contribution in [2.45, 2.75) is 25.4 Å². The Morgan fingerprint density at radius 3 is 2.07 bits per heavy atom. The van der Waals surface area contributed by atoms with Gasteiger partial charge in [-0.05, 0) is 6.42 Å². The van der Waals surface area contributed by atoms with E-state index in [0.29, 0.717) is 0 Å². The highest BCUT2D eigenvalue weighted by Crippen LogP contribution is 2.11. The summed E-state index contributed by atoms with van der Waals surface area (Å²) in [5.41, 5.74) is 0. The molecule has 0 radical (unpaired) electrons. The van der Waals surface area contributed by atoms with Gasteiger partial charge < -0.3 is 9.90 Å². The Labute approximate surface area is 79.9 Å². The summed E-state index contributed by atoms with van der Waals surface area (Å²) < 4.78 is 33.8. The second-order valence-electron chi connectivity index (χ2n) is 2.94. The van der Waals surface area contributed by atoms with Crippen molar-refractivity contribution in [2.24, 2.45) is 0 Å². The van der Waals surface area contributed by atoms with Crippen LogP contribution in [0, 0.1) is 0 Å². The average molecular weight is 211 g/mol. The summed E-state index contributed by atoms with van der Waals surface area (Å²) in [6, 6.07) is 0. The quantitative estimate of drug-likeness (QED) is 0.536. The maximum absolute atomic E-state index is 10.5. The van der Waals surface area contributed by atoms with Gasteiger partial charge in [-0.2, -0.15) is 13.2 Å². The summed E-state index contributed by atoms with van der Waals surface area (Å²) in [6.45, 7) is 1.26. The fraction of sp³-hybridized carbons (Fsp3) is 0.750. The fourth-order valence-electron chi connectivity index (χ4n) is 0.909. The lowest BCUT2D eigenvalue weighted by atomic mass is 10.2. The van der Waals surface area contributed by atoms with Gasteiger partial charge in [-0.1, -0.05) is 0 Å². The van der Waals surface area contributed by atoms with E-state index in [4.69, 9.17) is 9.90 Å². The van der Waals surface area contributed by atoms with Gasteiger partial charge >= 0.3 is 6.18 Å². The van der Waals surface area contributed by atoms with Gasteiger partial charge in [-0.25, -0.2) is 4.58 Å². The summed E-state index contributed by atoms with van der Waals surface area (Å²) >= 11 is 0. The van der Waals surface area contributed by atoms with Crippen LogP contribution in [-0.4, -0.2) is 36.5 Å². The van der Waals surface area contributed by atoms with Crippen LogP contribution in [0.15, 0.2) is 0 Å². The monoisotopic (exact) mass is 211 g/mol. The van der Waals surface area contributed by atoms with Gasteiger partial charge in [0.05, 0.1) is 0 Å². The van der Waals surface area contributed by atoms with Gasteiger partial charge in [0.1, 0.15) is 25.8 Å². The van der Waals surface area contributed by atoms with Crippen molar-refractivity contribution in [2.75, 3.05) is 13.6 Å². The zero-order chi connectivity index (χ0) is 11.2. The Hall–Kier alpha value is -1.07. The fourth-order valence-corrected chi connectivity index (χ4v) is 0.909. The zero-order valence-corrected chi connectivity index (χ0v) is 7.80. The number of hydrogen-bond donors (Lipinski definition) is 0. The molecule has 3 nitrogen and oxygen atoms in total. The molecule has 1 heterocycles. The van der Waals surface area contributed by atoms with Crippen LogP contribution >= 0.6 is 0 Å². The van der Waals surface area contributed by atoms with Gasteiger partial charge in [-0.15, -0.1) is 0 Å². The standard InChI is InChI=1S/C6H12N.C2HF3O2/c1-7-5-3-2-4-6-7;3-2(4,5)1(6)7/h5H,2-4,6H2,1H3;(H,6,7)/q+1;/p-1. The number of alkyl halides is 3. The third kappa shape index (κ3) is 6.45. The summed E-state index contributed by atoms with van der Waals surface area (Å²) in [6.07, 6.45) is 1.14. The minimum absolute atomic E-state index is 1.26. The van der Waals surface area contributed by atoms with E-state index in [1.165, 1.54) is 25.8 Å². The Bertz CT molecular complexity index is 223. The van der Waals surface area contributed by atoms with Gasteiger partial charge in [0.2, 0.25) is 0 Å². The van der Waals surface area contributed by atoms with Gasteiger partial charge in [0.15, 0.2) is 0 Å². The van der Waals surface area contributed by atoms with Crippen LogP contribution in [0.25, 0.3) is 0 Å². The lowest BCUT2D eigenvalue weighted by Gasteiger charge is -2.03. The molecule has 6 heteroatoms. The highest BCUT2D eigenvalue weighted by Gasteiger charge is 2.28. The molecule has 0 aromatic rings. The predicted molar refractivity (Wildman–Crippen MR) is 42.0 cm³/mol. The first-order valence-electron chi connectivity index (χ1n) is 4.16. The van der Waals surface area contributed by atoms with E-state index in [2.05, 4.69) is 17.8 Å². The normalized spacial score (nSPS) is 16.4. The molecule has 0 amide bonds. The molecule has 0 saturated heterocycles. The van der Waals surface area contributed by atoms with Gasteiger partial charge in [-0.3, -0.25) is 0 Å². The molecule has 0 bridgehead atoms. The summed E-state index contributed by atoms with van der Waals surface area (Å²) in [4.78, 5) is 8.78. The minimum Gasteiger partial charge on any atom is -0.542 e. The van der Waals surface area contributed by atoms with E-state index in [1.54, 1.807) is 0 Å². The molecule has 0 aromatic heterocycles. The molecule has 0 atom stereocenters. The molecule has 1 rings (SSSR count). The maximum Gasteiger partial charge on any atom is 0.430 e. The van der Waals surface area contributed by atoms with Crippen LogP contribution in [0.1, 0.15) is 19.3 Å². The number of carbonyl (C=O) groups excluding carboxylic acids is 1. The van der Waals surface area contributed by atoms with Crippen LogP contribution in [0.2, 0.25) is 0 Å². The zero-order valence-electron chi connectivity index (χ0n) is 7.80. The number of nitrogens with zero attached hydrogens (tertiary/aromatic N) is 1. The number of halogens is 3. The van der Waals surface area contributed by atoms with E-state index in [-0.39, 0.29) is 0 Å². The summed E-state index contributed by atoms with van der Waals surface area (Å²) in [5.74, 6) is -3.01. The molecule has 0 N–H and O–H groups in total. The molecule has 0 fully saturated rings. The first kappa shape index (κ1) is 12.9. The molecule has 1 aliphatic rings. The predicted octanol–water partition coefficient (Wildman–Crippen LogP) is 0.182. The minimum atomic E-state index is -5.19. The van der Waals surface area contributed by atoms with Crippen molar-refractivity contribution in [3.05, 3.63) is 0 Å². The highest BCUT2D eigenvalue weighted by atomic mass is 19.4. The van der Waals surface area contributed by atoms with Crippen LogP contribution in [0.3, 0.4) is 0 Å². The van der Waals surface area contributed by atoms with Gasteiger partial charge in [0.25, 0.3) is 0 Å². The number of carbonyl (C=O) groups is 1. The second-order valence-corrected chi connectivity index (χ2v) is 2.94. The van der Waals surface area contributed by atoms with Crippen molar-refractivity contribution >= 4 is 12.2 Å². The first-order chi connectivity index (χ1) is 6.34. The lowest BCUT2D eigenvalue weighted by molar-refractivity contribution is -0.497. The third-order valence-electron chi connectivity index (χ3n) is 1.64. The van der Waals surface area contributed by atoms with Crippen LogP contribution < -0.4 is 5.11 Å². The summed E-state index contributed by atoms with van der Waals surface area (Å²) in [5, 5.41) is 8.78. The molecule has 1 aliphatic heterocycles. The number of hydrogen-bond acceptors (Lipinski definition) is 2. The maximum atomic E-state index is 10.5. The number of rotatable bonds is 0. The Morgan fingerprint density at radius 1 is 1.43 bits per heavy atom. The Kier molecular flexibility index (Phi) is 5.19. The average Bonchev–Trinajstić information content (AvgIpc) is 2.04. The molecular weight excluding hydrogens is 199 g/mol. The van der Waals surface area contributed by atoms with Crippen LogP contribution in [0.4, 0.5) is 13.2 Å². The van der Waals surface area contributed by atoms with Crippen molar-refractivity contribution in [3.8, 4) is 0 Å². The smallest absolute Gasteiger partial charge is 0.430 e. The number of carboxylic acids is 1. The SMILES string of the molecule is C[N+]1=CCCCC1.O=C([O-])C(F)(F)F. The van der Waals surface area contributed by atoms with Crippen molar-refractivity contribution in [1.82, 2.24) is 0 Å². The van der Waals surface area contributed by atoms with Crippen LogP contribution in [0.5, 0.6) is 0 Å². The van der Waals surface area contributed by atoms with Crippen molar-refractivity contribution < 1.29 is 27.6 Å². The third-order valence-corrected chi connectivity index (χ3v) is 1.64. The molecule has 14 heavy (non-hydrogen) atoms. The highest BCUT2D eigenvalue weighted by molar-refractivity contribution is 5.70. The molecule has 0 aromatic carbocycles. The van der Waals surface area contributed by atoms with E-state index in [0.717, 1.165) is 0 Å². The van der Waals surface area contributed by atoms with E-state index in [9.17, 15) is 13.2 Å². The molecule has 0 unspecified atom stereocenters. The Morgan fingerprint density at radius 2 is 1.93 bits per heavy atom. The van der Waals surface area contributed by atoms with Crippen LogP contribution in [-0.2, 0) is 4.79 Å². The van der Waals surface area contributed by atoms with Gasteiger partial charge in [0, 0.05) is 12.8 Å². The number of aliphatic carboxylic acids is 1. The second kappa shape index (κ2) is 5.62. The summed E-state index contributed by atoms with van der Waals surface area (Å²) in [7, 11) is 2.14. The van der Waals surface area contributed by atoms with Crippen molar-refractivity contribution in [1.29, 1.82) is 0 Å². The van der Waals surface area contributed by atoms with E-state index in [1.807, 2.05) is 0 Å². The van der Waals surface area contributed by atoms with E-state index < -0.39 is 12.1 Å². The molecular formula is C8H12F3NO2. The Balaban J connectivity index is 0.000000241. The first-order valence-corrected chi connectivity index (χ1v) is 4.16. The molecule has 0 spiro atoms. The molecule has 0 saturated carbocycles. The van der Waals surface area contributed by atoms with E-state index >= 15 is 0 Å².